The van der Waals surface area contributed by atoms with Gasteiger partial charge in [0.2, 0.25) is 5.91 Å². The van der Waals surface area contributed by atoms with Gasteiger partial charge in [-0.05, 0) is 43.9 Å². The largest absolute Gasteiger partial charge is 0.466 e. The van der Waals surface area contributed by atoms with Crippen LogP contribution in [0.3, 0.4) is 0 Å². The highest BCUT2D eigenvalue weighted by Gasteiger charge is 2.33. The van der Waals surface area contributed by atoms with Crippen LogP contribution in [-0.4, -0.2) is 46.0 Å². The number of fused-ring (bicyclic) bond motifs is 1. The summed E-state index contributed by atoms with van der Waals surface area (Å²) in [6.45, 7) is 5.26. The molecule has 0 unspecified atom stereocenters. The van der Waals surface area contributed by atoms with Gasteiger partial charge < -0.3 is 14.2 Å². The second-order valence-electron chi connectivity index (χ2n) is 8.59. The van der Waals surface area contributed by atoms with E-state index >= 15 is 0 Å². The summed E-state index contributed by atoms with van der Waals surface area (Å²) in [5, 5.41) is 0.865. The number of hydrogen-bond acceptors (Lipinski definition) is 4. The number of benzene rings is 2. The second kappa shape index (κ2) is 10.8. The number of amides is 1. The number of carbonyl (C=O) groups excluding carboxylic acids is 2. The Hall–Kier alpha value is -2.57. The van der Waals surface area contributed by atoms with Crippen LogP contribution in [0.25, 0.3) is 11.0 Å². The third-order valence-corrected chi connectivity index (χ3v) is 7.14. The Balaban J connectivity index is 1.66. The highest BCUT2D eigenvalue weighted by molar-refractivity contribution is 6.42. The molecule has 2 aromatic carbocycles. The van der Waals surface area contributed by atoms with E-state index in [1.165, 1.54) is 0 Å². The Morgan fingerprint density at radius 1 is 1.09 bits per heavy atom. The second-order valence-corrected chi connectivity index (χ2v) is 9.41. The van der Waals surface area contributed by atoms with Gasteiger partial charge in [0, 0.05) is 19.5 Å². The zero-order valence-corrected chi connectivity index (χ0v) is 21.0. The molecule has 34 heavy (non-hydrogen) atoms. The van der Waals surface area contributed by atoms with Crippen LogP contribution in [0.5, 0.6) is 0 Å². The summed E-state index contributed by atoms with van der Waals surface area (Å²) in [4.78, 5) is 32.6. The van der Waals surface area contributed by atoms with Gasteiger partial charge in [0.25, 0.3) is 0 Å². The summed E-state index contributed by atoms with van der Waals surface area (Å²) in [6, 6.07) is 13.2. The quantitative estimate of drug-likeness (QED) is 0.390. The van der Waals surface area contributed by atoms with Crippen molar-refractivity contribution in [1.29, 1.82) is 0 Å². The predicted octanol–water partition coefficient (Wildman–Crippen LogP) is 5.69. The summed E-state index contributed by atoms with van der Waals surface area (Å²) in [7, 11) is 0. The molecule has 1 aliphatic heterocycles. The molecule has 180 valence electrons. The lowest BCUT2D eigenvalue weighted by Gasteiger charge is -2.34. The summed E-state index contributed by atoms with van der Waals surface area (Å²) >= 11 is 12.6. The molecule has 0 N–H and O–H groups in total. The molecule has 1 aromatic heterocycles. The molecule has 2 heterocycles. The number of aromatic nitrogens is 2. The third-order valence-electron chi connectivity index (χ3n) is 6.42. The third kappa shape index (κ3) is 5.08. The van der Waals surface area contributed by atoms with Gasteiger partial charge in [-0.3, -0.25) is 9.59 Å². The van der Waals surface area contributed by atoms with Crippen molar-refractivity contribution < 1.29 is 14.3 Å². The zero-order chi connectivity index (χ0) is 24.2. The van der Waals surface area contributed by atoms with Crippen molar-refractivity contribution >= 4 is 46.1 Å². The number of hydrogen-bond donors (Lipinski definition) is 0. The SMILES string of the molecule is CCOC(=O)C1CCN(C(=O)[C@@H](CC)n2c(Cc3ccccc3)nc3cc(Cl)c(Cl)cc32)CC1. The van der Waals surface area contributed by atoms with E-state index in [9.17, 15) is 9.59 Å². The first-order valence-corrected chi connectivity index (χ1v) is 12.5. The first-order chi connectivity index (χ1) is 16.4. The fourth-order valence-electron chi connectivity index (χ4n) is 4.67. The molecule has 1 saturated heterocycles. The molecule has 0 saturated carbocycles. The van der Waals surface area contributed by atoms with Crippen LogP contribution in [-0.2, 0) is 20.7 Å². The molecule has 0 spiro atoms. The number of esters is 1. The molecule has 1 atom stereocenters. The number of halogens is 2. The first-order valence-electron chi connectivity index (χ1n) is 11.8. The van der Waals surface area contributed by atoms with E-state index < -0.39 is 6.04 Å². The number of imidazole rings is 1. The van der Waals surface area contributed by atoms with Gasteiger partial charge in [0.1, 0.15) is 11.9 Å². The number of piperidine rings is 1. The minimum Gasteiger partial charge on any atom is -0.466 e. The maximum Gasteiger partial charge on any atom is 0.309 e. The van der Waals surface area contributed by atoms with Crippen molar-refractivity contribution in [3.8, 4) is 0 Å². The lowest BCUT2D eigenvalue weighted by molar-refractivity contribution is -0.151. The standard InChI is InChI=1S/C26H29Cl2N3O3/c1-3-22(25(32)30-12-10-18(11-13-30)26(33)34-4-2)31-23-16-20(28)19(27)15-21(23)29-24(31)14-17-8-6-5-7-9-17/h5-9,15-16,18,22H,3-4,10-14H2,1-2H3/t22-/m1/s1. The van der Waals surface area contributed by atoms with Gasteiger partial charge in [-0.15, -0.1) is 0 Å². The smallest absolute Gasteiger partial charge is 0.309 e. The van der Waals surface area contributed by atoms with Gasteiger partial charge in [-0.25, -0.2) is 4.98 Å². The normalized spacial score (nSPS) is 15.5. The van der Waals surface area contributed by atoms with E-state index in [1.54, 1.807) is 12.1 Å². The maximum absolute atomic E-state index is 13.7. The van der Waals surface area contributed by atoms with Gasteiger partial charge in [0.15, 0.2) is 0 Å². The molecule has 6 nitrogen and oxygen atoms in total. The number of likely N-dealkylation sites (tertiary alicyclic amines) is 1. The van der Waals surface area contributed by atoms with Gasteiger partial charge in [-0.1, -0.05) is 60.5 Å². The molecular formula is C26H29Cl2N3O3. The molecule has 0 bridgehead atoms. The topological polar surface area (TPSA) is 64.4 Å². The van der Waals surface area contributed by atoms with Gasteiger partial charge >= 0.3 is 5.97 Å². The Morgan fingerprint density at radius 3 is 2.41 bits per heavy atom. The number of carbonyl (C=O) groups is 2. The zero-order valence-electron chi connectivity index (χ0n) is 19.5. The van der Waals surface area contributed by atoms with E-state index in [-0.39, 0.29) is 17.8 Å². The lowest BCUT2D eigenvalue weighted by Crippen LogP contribution is -2.44. The Bertz CT molecular complexity index is 1170. The summed E-state index contributed by atoms with van der Waals surface area (Å²) in [5.74, 6) is 0.511. The molecule has 1 aliphatic rings. The number of rotatable bonds is 7. The molecule has 4 rings (SSSR count). The van der Waals surface area contributed by atoms with Crippen molar-refractivity contribution in [2.24, 2.45) is 5.92 Å². The van der Waals surface area contributed by atoms with Crippen molar-refractivity contribution in [2.75, 3.05) is 19.7 Å². The van der Waals surface area contributed by atoms with Crippen LogP contribution in [0, 0.1) is 5.92 Å². The van der Waals surface area contributed by atoms with E-state index in [4.69, 9.17) is 32.9 Å². The lowest BCUT2D eigenvalue weighted by atomic mass is 9.96. The fraction of sp³-hybridized carbons (Fsp3) is 0.423. The van der Waals surface area contributed by atoms with E-state index in [0.717, 1.165) is 16.9 Å². The predicted molar refractivity (Wildman–Crippen MR) is 134 cm³/mol. The molecule has 1 fully saturated rings. The Kier molecular flexibility index (Phi) is 7.79. The highest BCUT2D eigenvalue weighted by Crippen LogP contribution is 2.33. The molecule has 0 radical (unpaired) electrons. The minimum absolute atomic E-state index is 0.0319. The van der Waals surface area contributed by atoms with Crippen LogP contribution in [0.15, 0.2) is 42.5 Å². The fourth-order valence-corrected chi connectivity index (χ4v) is 4.98. The molecule has 0 aliphatic carbocycles. The van der Waals surface area contributed by atoms with Crippen LogP contribution < -0.4 is 0 Å². The van der Waals surface area contributed by atoms with Crippen molar-refractivity contribution in [3.05, 3.63) is 63.9 Å². The van der Waals surface area contributed by atoms with Crippen LogP contribution in [0.1, 0.15) is 50.5 Å². The van der Waals surface area contributed by atoms with E-state index in [0.29, 0.717) is 60.9 Å². The molecule has 3 aromatic rings. The summed E-state index contributed by atoms with van der Waals surface area (Å²) < 4.78 is 7.19. The molecule has 8 heteroatoms. The monoisotopic (exact) mass is 501 g/mol. The van der Waals surface area contributed by atoms with Crippen molar-refractivity contribution in [2.45, 2.75) is 45.6 Å². The number of ether oxygens (including phenoxy) is 1. The van der Waals surface area contributed by atoms with E-state index in [1.807, 2.05) is 53.6 Å². The van der Waals surface area contributed by atoms with Crippen molar-refractivity contribution in [3.63, 3.8) is 0 Å². The van der Waals surface area contributed by atoms with Crippen molar-refractivity contribution in [1.82, 2.24) is 14.5 Å². The molecule has 1 amide bonds. The van der Waals surface area contributed by atoms with Crippen LogP contribution in [0.2, 0.25) is 10.0 Å². The highest BCUT2D eigenvalue weighted by atomic mass is 35.5. The molecular weight excluding hydrogens is 473 g/mol. The van der Waals surface area contributed by atoms with Crippen LogP contribution in [0.4, 0.5) is 0 Å². The van der Waals surface area contributed by atoms with Crippen LogP contribution >= 0.6 is 23.2 Å². The average Bonchev–Trinajstić information content (AvgIpc) is 3.17. The minimum atomic E-state index is -0.430. The Labute approximate surface area is 209 Å². The summed E-state index contributed by atoms with van der Waals surface area (Å²) in [6.07, 6.45) is 2.41. The first kappa shape index (κ1) is 24.6. The average molecular weight is 502 g/mol. The van der Waals surface area contributed by atoms with Gasteiger partial charge in [0.05, 0.1) is 33.6 Å². The number of nitrogens with zero attached hydrogens (tertiary/aromatic N) is 3. The summed E-state index contributed by atoms with van der Waals surface area (Å²) in [5.41, 5.74) is 2.61. The van der Waals surface area contributed by atoms with Gasteiger partial charge in [-0.2, -0.15) is 0 Å². The van der Waals surface area contributed by atoms with E-state index in [2.05, 4.69) is 0 Å². The maximum atomic E-state index is 13.7. The Morgan fingerprint density at radius 2 is 1.76 bits per heavy atom.